The summed E-state index contributed by atoms with van der Waals surface area (Å²) in [5.74, 6) is 1.32. The molecule has 2 fully saturated rings. The highest BCUT2D eigenvalue weighted by atomic mass is 16.7. The molecule has 1 aromatic heterocycles. The van der Waals surface area contributed by atoms with Crippen LogP contribution in [0.1, 0.15) is 19.3 Å². The van der Waals surface area contributed by atoms with Crippen LogP contribution >= 0.6 is 0 Å². The Balaban J connectivity index is 1.65. The molecule has 0 aliphatic carbocycles. The molecule has 2 aliphatic heterocycles. The lowest BCUT2D eigenvalue weighted by Gasteiger charge is -2.32. The third-order valence-electron chi connectivity index (χ3n) is 3.65. The Morgan fingerprint density at radius 2 is 2.16 bits per heavy atom. The molecule has 0 bridgehead atoms. The quantitative estimate of drug-likeness (QED) is 0.830. The summed E-state index contributed by atoms with van der Waals surface area (Å²) in [5, 5.41) is 0. The topological polar surface area (TPSA) is 51.7 Å². The lowest BCUT2D eigenvalue weighted by Crippen LogP contribution is -2.41. The molecule has 3 rings (SSSR count). The van der Waals surface area contributed by atoms with Crippen LogP contribution in [0.3, 0.4) is 0 Å². The van der Waals surface area contributed by atoms with E-state index < -0.39 is 0 Å². The number of ether oxygens (including phenoxy) is 2. The van der Waals surface area contributed by atoms with Gasteiger partial charge in [-0.05, 0) is 24.5 Å². The van der Waals surface area contributed by atoms with Gasteiger partial charge in [-0.1, -0.05) is 6.07 Å². The minimum Gasteiger partial charge on any atom is -0.350 e. The summed E-state index contributed by atoms with van der Waals surface area (Å²) < 4.78 is 11.0. The zero-order valence-electron chi connectivity index (χ0n) is 10.8. The van der Waals surface area contributed by atoms with Gasteiger partial charge in [0.05, 0.1) is 13.2 Å². The molecule has 2 aliphatic rings. The molecule has 0 saturated carbocycles. The average Bonchev–Trinajstić information content (AvgIpc) is 2.95. The van der Waals surface area contributed by atoms with Crippen LogP contribution in [0.5, 0.6) is 0 Å². The molecule has 2 saturated heterocycles. The molecule has 0 aromatic carbocycles. The molecule has 1 amide bonds. The molecule has 1 aromatic rings. The van der Waals surface area contributed by atoms with Crippen molar-refractivity contribution in [3.05, 3.63) is 24.4 Å². The van der Waals surface area contributed by atoms with E-state index in [2.05, 4.69) is 4.98 Å². The summed E-state index contributed by atoms with van der Waals surface area (Å²) in [6, 6.07) is 5.64. The van der Waals surface area contributed by atoms with Crippen LogP contribution in [0.15, 0.2) is 24.4 Å². The Labute approximate surface area is 112 Å². The van der Waals surface area contributed by atoms with Crippen molar-refractivity contribution in [2.75, 3.05) is 24.7 Å². The Morgan fingerprint density at radius 3 is 2.89 bits per heavy atom. The first-order chi connectivity index (χ1) is 9.33. The van der Waals surface area contributed by atoms with E-state index in [1.807, 2.05) is 18.2 Å². The summed E-state index contributed by atoms with van der Waals surface area (Å²) in [5.41, 5.74) is 0. The molecule has 5 heteroatoms. The van der Waals surface area contributed by atoms with E-state index >= 15 is 0 Å². The Kier molecular flexibility index (Phi) is 3.75. The predicted octanol–water partition coefficient (Wildman–Crippen LogP) is 1.59. The van der Waals surface area contributed by atoms with Gasteiger partial charge in [-0.2, -0.15) is 0 Å². The van der Waals surface area contributed by atoms with Crippen LogP contribution in [-0.2, 0) is 14.3 Å². The number of pyridine rings is 1. The standard InChI is InChI=1S/C14H18N2O3/c17-13-5-4-11(9-14-18-7-8-19-14)10-16(13)12-3-1-2-6-15-12/h1-3,6,11,14H,4-5,7-10H2. The molecule has 3 heterocycles. The lowest BCUT2D eigenvalue weighted by molar-refractivity contribution is -0.121. The highest BCUT2D eigenvalue weighted by molar-refractivity contribution is 5.93. The molecule has 5 nitrogen and oxygen atoms in total. The highest BCUT2D eigenvalue weighted by Gasteiger charge is 2.30. The maximum Gasteiger partial charge on any atom is 0.228 e. The number of nitrogens with zero attached hydrogens (tertiary/aromatic N) is 2. The van der Waals surface area contributed by atoms with E-state index in [0.29, 0.717) is 32.1 Å². The zero-order valence-corrected chi connectivity index (χ0v) is 10.8. The molecule has 0 spiro atoms. The van der Waals surface area contributed by atoms with Gasteiger partial charge in [-0.25, -0.2) is 4.98 Å². The highest BCUT2D eigenvalue weighted by Crippen LogP contribution is 2.27. The second-order valence-electron chi connectivity index (χ2n) is 5.00. The first kappa shape index (κ1) is 12.6. The first-order valence-corrected chi connectivity index (χ1v) is 6.77. The van der Waals surface area contributed by atoms with Crippen molar-refractivity contribution in [2.45, 2.75) is 25.6 Å². The van der Waals surface area contributed by atoms with Gasteiger partial charge < -0.3 is 9.47 Å². The third kappa shape index (κ3) is 2.93. The van der Waals surface area contributed by atoms with E-state index in [0.717, 1.165) is 18.7 Å². The third-order valence-corrected chi connectivity index (χ3v) is 3.65. The number of anilines is 1. The molecule has 1 atom stereocenters. The largest absolute Gasteiger partial charge is 0.350 e. The minimum atomic E-state index is -0.0937. The predicted molar refractivity (Wildman–Crippen MR) is 69.6 cm³/mol. The average molecular weight is 262 g/mol. The fourth-order valence-corrected chi connectivity index (χ4v) is 2.66. The van der Waals surface area contributed by atoms with Gasteiger partial charge in [0.15, 0.2) is 6.29 Å². The number of amides is 1. The summed E-state index contributed by atoms with van der Waals surface area (Å²) in [7, 11) is 0. The van der Waals surface area contributed by atoms with Crippen LogP contribution in [0, 0.1) is 5.92 Å². The molecule has 1 unspecified atom stereocenters. The maximum absolute atomic E-state index is 12.0. The van der Waals surface area contributed by atoms with Gasteiger partial charge in [-0.3, -0.25) is 9.69 Å². The van der Waals surface area contributed by atoms with Crippen molar-refractivity contribution in [1.29, 1.82) is 0 Å². The first-order valence-electron chi connectivity index (χ1n) is 6.77. The SMILES string of the molecule is O=C1CCC(CC2OCCO2)CN1c1ccccn1. The maximum atomic E-state index is 12.0. The number of hydrogen-bond donors (Lipinski definition) is 0. The molecule has 102 valence electrons. The monoisotopic (exact) mass is 262 g/mol. The van der Waals surface area contributed by atoms with Crippen LogP contribution in [0.2, 0.25) is 0 Å². The van der Waals surface area contributed by atoms with Crippen molar-refractivity contribution in [2.24, 2.45) is 5.92 Å². The second kappa shape index (κ2) is 5.67. The number of aromatic nitrogens is 1. The fraction of sp³-hybridized carbons (Fsp3) is 0.571. The summed E-state index contributed by atoms with van der Waals surface area (Å²) in [4.78, 5) is 18.0. The second-order valence-corrected chi connectivity index (χ2v) is 5.00. The van der Waals surface area contributed by atoms with E-state index in [-0.39, 0.29) is 12.2 Å². The number of carbonyl (C=O) groups excluding carboxylic acids is 1. The van der Waals surface area contributed by atoms with Crippen LogP contribution in [-0.4, -0.2) is 36.9 Å². The van der Waals surface area contributed by atoms with Gasteiger partial charge in [0.2, 0.25) is 5.91 Å². The molecule has 0 radical (unpaired) electrons. The van der Waals surface area contributed by atoms with Gasteiger partial charge >= 0.3 is 0 Å². The molecular weight excluding hydrogens is 244 g/mol. The van der Waals surface area contributed by atoms with Crippen molar-refractivity contribution in [1.82, 2.24) is 4.98 Å². The lowest BCUT2D eigenvalue weighted by atomic mass is 9.94. The molecular formula is C14H18N2O3. The van der Waals surface area contributed by atoms with Gasteiger partial charge in [-0.15, -0.1) is 0 Å². The van der Waals surface area contributed by atoms with Gasteiger partial charge in [0.1, 0.15) is 5.82 Å². The summed E-state index contributed by atoms with van der Waals surface area (Å²) >= 11 is 0. The van der Waals surface area contributed by atoms with Crippen molar-refractivity contribution in [3.63, 3.8) is 0 Å². The Morgan fingerprint density at radius 1 is 1.32 bits per heavy atom. The fourth-order valence-electron chi connectivity index (χ4n) is 2.66. The Hall–Kier alpha value is -1.46. The molecule has 0 N–H and O–H groups in total. The van der Waals surface area contributed by atoms with Gasteiger partial charge in [0, 0.05) is 25.6 Å². The van der Waals surface area contributed by atoms with Crippen LogP contribution < -0.4 is 4.90 Å². The van der Waals surface area contributed by atoms with Crippen LogP contribution in [0.25, 0.3) is 0 Å². The van der Waals surface area contributed by atoms with Crippen molar-refractivity contribution in [3.8, 4) is 0 Å². The van der Waals surface area contributed by atoms with E-state index in [4.69, 9.17) is 9.47 Å². The normalized spacial score (nSPS) is 24.9. The summed E-state index contributed by atoms with van der Waals surface area (Å²) in [6.07, 6.45) is 3.97. The smallest absolute Gasteiger partial charge is 0.228 e. The number of carbonyl (C=O) groups is 1. The minimum absolute atomic E-state index is 0.0937. The van der Waals surface area contributed by atoms with Crippen molar-refractivity contribution >= 4 is 11.7 Å². The van der Waals surface area contributed by atoms with E-state index in [1.165, 1.54) is 0 Å². The Bertz CT molecular complexity index is 432. The zero-order chi connectivity index (χ0) is 13.1. The summed E-state index contributed by atoms with van der Waals surface area (Å²) in [6.45, 7) is 2.07. The van der Waals surface area contributed by atoms with Crippen LogP contribution in [0.4, 0.5) is 5.82 Å². The van der Waals surface area contributed by atoms with E-state index in [1.54, 1.807) is 11.1 Å². The van der Waals surface area contributed by atoms with E-state index in [9.17, 15) is 4.79 Å². The number of hydrogen-bond acceptors (Lipinski definition) is 4. The van der Waals surface area contributed by atoms with Gasteiger partial charge in [0.25, 0.3) is 0 Å². The number of piperidine rings is 1. The molecule has 19 heavy (non-hydrogen) atoms. The number of rotatable bonds is 3. The van der Waals surface area contributed by atoms with Crippen molar-refractivity contribution < 1.29 is 14.3 Å².